The summed E-state index contributed by atoms with van der Waals surface area (Å²) in [5, 5.41) is 0. The summed E-state index contributed by atoms with van der Waals surface area (Å²) in [7, 11) is -2.44. The Hall–Kier alpha value is -0.873. The zero-order chi connectivity index (χ0) is 31.7. The third-order valence-corrected chi connectivity index (χ3v) is 20.3. The third kappa shape index (κ3) is 5.01. The number of carbonyl (C=O) groups excluding carboxylic acids is 1. The lowest BCUT2D eigenvalue weighted by Crippen LogP contribution is -2.56. The topological polar surface area (TPSA) is 35.5 Å². The van der Waals surface area contributed by atoms with Gasteiger partial charge < -0.3 is 9.16 Å². The summed E-state index contributed by atoms with van der Waals surface area (Å²) >= 11 is 0. The molecule has 43 heavy (non-hydrogen) atoms. The van der Waals surface area contributed by atoms with Gasteiger partial charge >= 0.3 is 5.97 Å². The predicted octanol–water partition coefficient (Wildman–Crippen LogP) is 11.1. The maximum atomic E-state index is 14.0. The molecule has 4 aliphatic carbocycles. The number of rotatable bonds is 8. The second-order valence-corrected chi connectivity index (χ2v) is 22.6. The number of allylic oxidation sites excluding steroid dienone is 4. The lowest BCUT2D eigenvalue weighted by molar-refractivity contribution is -0.147. The van der Waals surface area contributed by atoms with E-state index in [1.54, 1.807) is 0 Å². The molecule has 1 unspecified atom stereocenters. The smallest absolute Gasteiger partial charge is 0.308 e. The van der Waals surface area contributed by atoms with Gasteiger partial charge in [-0.2, -0.15) is 0 Å². The van der Waals surface area contributed by atoms with Crippen molar-refractivity contribution in [2.75, 3.05) is 6.61 Å². The quantitative estimate of drug-likeness (QED) is 0.156. The standard InChI is InChI=1S/C39H66O3Si/c1-13-41-36(40)34-29-23-39(12)32-21-22-38(11)30(27(8)16-14-15-24(2)3)18-19-31(38)28(32)17-20-33(39)37(9,10)35(29)42-43(34,25(4)5)26(6)7/h15,25-27,29-31,33-35H,13-14,16-23H2,1-12H3/t27-,29+,30-,31+,33?,34-,35+,38-,39-/m1/s1. The predicted molar refractivity (Wildman–Crippen MR) is 182 cm³/mol. The van der Waals surface area contributed by atoms with Crippen LogP contribution in [0.4, 0.5) is 0 Å². The highest BCUT2D eigenvalue weighted by Crippen LogP contribution is 2.72. The molecule has 1 saturated heterocycles. The molecule has 0 aromatic heterocycles. The average Bonchev–Trinajstić information content (AvgIpc) is 3.45. The van der Waals surface area contributed by atoms with Gasteiger partial charge in [0.05, 0.1) is 18.3 Å². The van der Waals surface area contributed by atoms with Gasteiger partial charge in [0.2, 0.25) is 8.32 Å². The van der Waals surface area contributed by atoms with Crippen LogP contribution in [-0.2, 0) is 14.0 Å². The molecule has 0 N–H and O–H groups in total. The van der Waals surface area contributed by atoms with E-state index in [2.05, 4.69) is 82.2 Å². The van der Waals surface area contributed by atoms with Gasteiger partial charge in [-0.3, -0.25) is 4.79 Å². The van der Waals surface area contributed by atoms with Crippen molar-refractivity contribution in [1.82, 2.24) is 0 Å². The summed E-state index contributed by atoms with van der Waals surface area (Å²) in [4.78, 5) is 14.0. The van der Waals surface area contributed by atoms with Gasteiger partial charge in [-0.05, 0) is 135 Å². The van der Waals surface area contributed by atoms with Crippen molar-refractivity contribution >= 4 is 14.3 Å². The van der Waals surface area contributed by atoms with E-state index in [1.165, 1.54) is 56.9 Å². The van der Waals surface area contributed by atoms with Crippen LogP contribution >= 0.6 is 0 Å². The van der Waals surface area contributed by atoms with Gasteiger partial charge in [0, 0.05) is 0 Å². The van der Waals surface area contributed by atoms with Crippen LogP contribution < -0.4 is 0 Å². The number of fused-ring (bicyclic) bond motifs is 5. The highest BCUT2D eigenvalue weighted by atomic mass is 28.4. The highest BCUT2D eigenvalue weighted by Gasteiger charge is 2.71. The van der Waals surface area contributed by atoms with E-state index in [0.29, 0.717) is 29.0 Å². The Kier molecular flexibility index (Phi) is 9.14. The van der Waals surface area contributed by atoms with Gasteiger partial charge in [0.25, 0.3) is 0 Å². The summed E-state index contributed by atoms with van der Waals surface area (Å²) in [6.45, 7) is 29.1. The van der Waals surface area contributed by atoms with Crippen LogP contribution in [0.3, 0.4) is 0 Å². The molecule has 1 heterocycles. The van der Waals surface area contributed by atoms with Crippen LogP contribution in [0.2, 0.25) is 16.6 Å². The minimum absolute atomic E-state index is 0.0396. The van der Waals surface area contributed by atoms with E-state index in [9.17, 15) is 4.79 Å². The number of ether oxygens (including phenoxy) is 1. The van der Waals surface area contributed by atoms with Crippen LogP contribution in [0.1, 0.15) is 141 Å². The number of esters is 1. The maximum Gasteiger partial charge on any atom is 0.308 e. The maximum absolute atomic E-state index is 14.0. The Morgan fingerprint density at radius 3 is 2.30 bits per heavy atom. The monoisotopic (exact) mass is 610 g/mol. The van der Waals surface area contributed by atoms with Crippen LogP contribution in [0.25, 0.3) is 0 Å². The van der Waals surface area contributed by atoms with Crippen molar-refractivity contribution in [2.45, 2.75) is 164 Å². The first-order valence-corrected chi connectivity index (χ1v) is 20.4. The summed E-state index contributed by atoms with van der Waals surface area (Å²) in [5.41, 5.74) is 6.49. The lowest BCUT2D eigenvalue weighted by atomic mass is 9.44. The van der Waals surface area contributed by atoms with Crippen molar-refractivity contribution in [3.63, 3.8) is 0 Å². The highest BCUT2D eigenvalue weighted by molar-refractivity contribution is 6.81. The molecule has 5 aliphatic rings. The van der Waals surface area contributed by atoms with Crippen LogP contribution in [0.15, 0.2) is 22.8 Å². The van der Waals surface area contributed by atoms with Gasteiger partial charge in [-0.15, -0.1) is 0 Å². The van der Waals surface area contributed by atoms with Gasteiger partial charge in [0.1, 0.15) is 0 Å². The number of hydrogen-bond acceptors (Lipinski definition) is 3. The molecule has 1 aliphatic heterocycles. The average molecular weight is 611 g/mol. The Morgan fingerprint density at radius 2 is 1.70 bits per heavy atom. The van der Waals surface area contributed by atoms with Crippen molar-refractivity contribution in [2.24, 2.45) is 45.8 Å². The molecule has 0 bridgehead atoms. The Balaban J connectivity index is 1.52. The summed E-state index contributed by atoms with van der Waals surface area (Å²) < 4.78 is 13.4. The molecule has 0 amide bonds. The minimum Gasteiger partial charge on any atom is -0.466 e. The molecule has 3 nitrogen and oxygen atoms in total. The fourth-order valence-corrected chi connectivity index (χ4v) is 18.5. The minimum atomic E-state index is -2.44. The summed E-state index contributed by atoms with van der Waals surface area (Å²) in [6, 6.07) is 0. The largest absolute Gasteiger partial charge is 0.466 e. The van der Waals surface area contributed by atoms with E-state index < -0.39 is 8.32 Å². The first-order chi connectivity index (χ1) is 20.1. The van der Waals surface area contributed by atoms with Crippen molar-refractivity contribution < 1.29 is 14.0 Å². The van der Waals surface area contributed by atoms with E-state index in [4.69, 9.17) is 9.16 Å². The van der Waals surface area contributed by atoms with Crippen molar-refractivity contribution in [3.8, 4) is 0 Å². The number of carbonyl (C=O) groups is 1. The van der Waals surface area contributed by atoms with Crippen LogP contribution in [-0.4, -0.2) is 27.0 Å². The molecule has 0 aromatic carbocycles. The second kappa shape index (κ2) is 11.7. The second-order valence-electron chi connectivity index (χ2n) is 17.7. The molecule has 3 fully saturated rings. The zero-order valence-corrected chi connectivity index (χ0v) is 31.1. The number of hydrogen-bond donors (Lipinski definition) is 0. The zero-order valence-electron chi connectivity index (χ0n) is 30.1. The van der Waals surface area contributed by atoms with E-state index >= 15 is 0 Å². The van der Waals surface area contributed by atoms with Crippen LogP contribution in [0.5, 0.6) is 0 Å². The molecule has 4 heteroatoms. The third-order valence-electron chi connectivity index (χ3n) is 14.4. The first-order valence-electron chi connectivity index (χ1n) is 18.3. The van der Waals surface area contributed by atoms with Gasteiger partial charge in [-0.25, -0.2) is 0 Å². The van der Waals surface area contributed by atoms with E-state index in [-0.39, 0.29) is 34.4 Å². The molecule has 9 atom stereocenters. The first kappa shape index (κ1) is 33.5. The molecular formula is C39H66O3Si. The Bertz CT molecular complexity index is 1120. The fourth-order valence-electron chi connectivity index (χ4n) is 12.8. The van der Waals surface area contributed by atoms with Crippen LogP contribution in [0, 0.1) is 45.8 Å². The normalized spacial score (nSPS) is 40.0. The Morgan fingerprint density at radius 1 is 1.02 bits per heavy atom. The van der Waals surface area contributed by atoms with Crippen molar-refractivity contribution in [3.05, 3.63) is 22.8 Å². The SMILES string of the molecule is CCOC(=O)[C@H]1[C@@H]2C[C@]3(C)C4=C(CCC3C(C)(C)[C@H]2O[Si]1(C(C)C)C(C)C)[C@@H]1CC[C@H]([C@H](C)CCC=C(C)C)[C@@]1(C)CC4. The molecule has 0 radical (unpaired) electrons. The molecule has 0 spiro atoms. The van der Waals surface area contributed by atoms with E-state index in [1.807, 2.05) is 18.1 Å². The molecule has 2 saturated carbocycles. The molecule has 0 aromatic rings. The van der Waals surface area contributed by atoms with Gasteiger partial charge in [0.15, 0.2) is 0 Å². The van der Waals surface area contributed by atoms with Crippen molar-refractivity contribution in [1.29, 1.82) is 0 Å². The summed E-state index contributed by atoms with van der Waals surface area (Å²) in [6.07, 6.45) is 14.2. The summed E-state index contributed by atoms with van der Waals surface area (Å²) in [5.74, 6) is 3.31. The fraction of sp³-hybridized carbons (Fsp3) is 0.872. The Labute approximate surface area is 266 Å². The van der Waals surface area contributed by atoms with E-state index in [0.717, 1.165) is 24.2 Å². The molecule has 244 valence electrons. The molecule has 5 rings (SSSR count). The molecular weight excluding hydrogens is 545 g/mol. The van der Waals surface area contributed by atoms with Gasteiger partial charge in [-0.1, -0.05) is 85.1 Å². The lowest BCUT2D eigenvalue weighted by Gasteiger charge is -2.61.